The molecule has 2 aromatic rings. The van der Waals surface area contributed by atoms with Gasteiger partial charge in [-0.2, -0.15) is 5.10 Å². The summed E-state index contributed by atoms with van der Waals surface area (Å²) in [5, 5.41) is 5.98. The number of primary amides is 1. The van der Waals surface area contributed by atoms with Crippen LogP contribution in [0.2, 0.25) is 5.02 Å². The Morgan fingerprint density at radius 1 is 1.23 bits per heavy atom. The lowest BCUT2D eigenvalue weighted by Gasteiger charge is -2.15. The van der Waals surface area contributed by atoms with Crippen molar-refractivity contribution in [1.82, 2.24) is 9.78 Å². The smallest absolute Gasteiger partial charge is 0.359 e. The quantitative estimate of drug-likeness (QED) is 0.487. The van der Waals surface area contributed by atoms with E-state index >= 15 is 0 Å². The summed E-state index contributed by atoms with van der Waals surface area (Å²) in [4.78, 5) is 36.8. The molecule has 3 rings (SSSR count). The highest BCUT2D eigenvalue weighted by molar-refractivity contribution is 6.34. The average molecular weight is 457 g/mol. The number of benzene rings is 1. The van der Waals surface area contributed by atoms with E-state index in [1.54, 1.807) is 0 Å². The van der Waals surface area contributed by atoms with Crippen LogP contribution in [0, 0.1) is 11.6 Å². The van der Waals surface area contributed by atoms with Gasteiger partial charge in [-0.3, -0.25) is 9.59 Å². The Morgan fingerprint density at radius 2 is 1.87 bits per heavy atom. The van der Waals surface area contributed by atoms with E-state index in [2.05, 4.69) is 10.4 Å². The Labute approximate surface area is 180 Å². The molecule has 1 saturated carbocycles. The summed E-state index contributed by atoms with van der Waals surface area (Å²) < 4.78 is 38.1. The SMILES string of the molecule is COC(C(N)=O)n1nc(C(=O)OC2CCCC2)cc1NC(=O)c1cc(F)c(F)cc1Cl. The van der Waals surface area contributed by atoms with Crippen LogP contribution >= 0.6 is 11.6 Å². The first-order valence-electron chi connectivity index (χ1n) is 9.29. The molecule has 2 amide bonds. The fourth-order valence-electron chi connectivity index (χ4n) is 3.20. The number of carbonyl (C=O) groups excluding carboxylic acids is 3. The fraction of sp³-hybridized carbons (Fsp3) is 0.368. The number of amides is 2. The zero-order valence-electron chi connectivity index (χ0n) is 16.4. The number of ether oxygens (including phenoxy) is 2. The Bertz CT molecular complexity index is 1020. The molecule has 1 aromatic carbocycles. The third kappa shape index (κ3) is 5.00. The van der Waals surface area contributed by atoms with Crippen LogP contribution in [0.15, 0.2) is 18.2 Å². The van der Waals surface area contributed by atoms with E-state index < -0.39 is 35.6 Å². The van der Waals surface area contributed by atoms with E-state index in [1.165, 1.54) is 7.11 Å². The molecule has 1 fully saturated rings. The lowest BCUT2D eigenvalue weighted by molar-refractivity contribution is -0.133. The first kappa shape index (κ1) is 22.6. The van der Waals surface area contributed by atoms with Crippen molar-refractivity contribution < 1.29 is 32.6 Å². The summed E-state index contributed by atoms with van der Waals surface area (Å²) >= 11 is 5.83. The lowest BCUT2D eigenvalue weighted by Crippen LogP contribution is -2.30. The van der Waals surface area contributed by atoms with Crippen LogP contribution in [0.3, 0.4) is 0 Å². The van der Waals surface area contributed by atoms with Crippen molar-refractivity contribution in [2.24, 2.45) is 5.73 Å². The van der Waals surface area contributed by atoms with Crippen molar-refractivity contribution in [2.45, 2.75) is 38.0 Å². The average Bonchev–Trinajstić information content (AvgIpc) is 3.35. The number of esters is 1. The Kier molecular flexibility index (Phi) is 6.86. The molecule has 0 bridgehead atoms. The normalized spacial score (nSPS) is 15.0. The van der Waals surface area contributed by atoms with E-state index in [-0.39, 0.29) is 28.2 Å². The third-order valence-electron chi connectivity index (χ3n) is 4.71. The number of nitrogens with one attached hydrogen (secondary N) is 1. The second kappa shape index (κ2) is 9.40. The maximum Gasteiger partial charge on any atom is 0.359 e. The molecule has 1 heterocycles. The molecule has 12 heteroatoms. The van der Waals surface area contributed by atoms with Gasteiger partial charge in [0.05, 0.1) is 10.6 Å². The Balaban J connectivity index is 1.92. The number of rotatable bonds is 7. The first-order chi connectivity index (χ1) is 14.7. The molecule has 0 spiro atoms. The summed E-state index contributed by atoms with van der Waals surface area (Å²) in [6.45, 7) is 0. The molecule has 31 heavy (non-hydrogen) atoms. The van der Waals surface area contributed by atoms with Gasteiger partial charge in [0, 0.05) is 13.2 Å². The molecule has 1 aromatic heterocycles. The van der Waals surface area contributed by atoms with Crippen molar-refractivity contribution in [3.8, 4) is 0 Å². The number of nitrogens with zero attached hydrogens (tertiary/aromatic N) is 2. The van der Waals surface area contributed by atoms with Crippen LogP contribution in [0.1, 0.15) is 52.8 Å². The summed E-state index contributed by atoms with van der Waals surface area (Å²) in [5.74, 6) is -5.34. The standard InChI is InChI=1S/C19H19ClF2N4O5/c1-30-18(16(23)27)26-15(8-14(25-26)19(29)31-9-4-2-3-5-9)24-17(28)10-6-12(21)13(22)7-11(10)20/h6-9,18H,2-5H2,1H3,(H2,23,27)(H,24,28). The number of halogens is 3. The topological polar surface area (TPSA) is 126 Å². The molecule has 1 atom stereocenters. The number of aromatic nitrogens is 2. The summed E-state index contributed by atoms with van der Waals surface area (Å²) in [6.07, 6.45) is 1.63. The molecule has 3 N–H and O–H groups in total. The third-order valence-corrected chi connectivity index (χ3v) is 5.02. The minimum absolute atomic E-state index is 0.171. The van der Waals surface area contributed by atoms with Crippen LogP contribution in [-0.4, -0.2) is 40.8 Å². The first-order valence-corrected chi connectivity index (χ1v) is 9.67. The number of carbonyl (C=O) groups is 3. The van der Waals surface area contributed by atoms with Gasteiger partial charge < -0.3 is 20.5 Å². The van der Waals surface area contributed by atoms with Crippen molar-refractivity contribution in [3.63, 3.8) is 0 Å². The second-order valence-electron chi connectivity index (χ2n) is 6.86. The van der Waals surface area contributed by atoms with Crippen LogP contribution in [0.5, 0.6) is 0 Å². The fourth-order valence-corrected chi connectivity index (χ4v) is 3.44. The molecule has 166 valence electrons. The van der Waals surface area contributed by atoms with Crippen LogP contribution in [0.25, 0.3) is 0 Å². The Hall–Kier alpha value is -3.05. The van der Waals surface area contributed by atoms with E-state index in [0.29, 0.717) is 12.1 Å². The van der Waals surface area contributed by atoms with Crippen molar-refractivity contribution in [1.29, 1.82) is 0 Å². The molecule has 1 aliphatic carbocycles. The Morgan fingerprint density at radius 3 is 2.48 bits per heavy atom. The largest absolute Gasteiger partial charge is 0.458 e. The molecule has 0 saturated heterocycles. The van der Waals surface area contributed by atoms with E-state index in [9.17, 15) is 23.2 Å². The van der Waals surface area contributed by atoms with Crippen LogP contribution in [-0.2, 0) is 14.3 Å². The van der Waals surface area contributed by atoms with Crippen molar-refractivity contribution in [3.05, 3.63) is 46.1 Å². The highest BCUT2D eigenvalue weighted by atomic mass is 35.5. The van der Waals surface area contributed by atoms with E-state index in [0.717, 1.165) is 36.4 Å². The van der Waals surface area contributed by atoms with Gasteiger partial charge in [0.25, 0.3) is 11.8 Å². The van der Waals surface area contributed by atoms with Crippen molar-refractivity contribution in [2.75, 3.05) is 12.4 Å². The van der Waals surface area contributed by atoms with Crippen LogP contribution < -0.4 is 11.1 Å². The molecular weight excluding hydrogens is 438 g/mol. The van der Waals surface area contributed by atoms with Gasteiger partial charge in [-0.15, -0.1) is 0 Å². The zero-order chi connectivity index (χ0) is 22.7. The van der Waals surface area contributed by atoms with E-state index in [4.69, 9.17) is 26.8 Å². The zero-order valence-corrected chi connectivity index (χ0v) is 17.1. The van der Waals surface area contributed by atoms with E-state index in [1.807, 2.05) is 0 Å². The molecular formula is C19H19ClF2N4O5. The van der Waals surface area contributed by atoms with Gasteiger partial charge in [0.2, 0.25) is 6.23 Å². The van der Waals surface area contributed by atoms with Crippen molar-refractivity contribution >= 4 is 35.2 Å². The highest BCUT2D eigenvalue weighted by Crippen LogP contribution is 2.25. The minimum Gasteiger partial charge on any atom is -0.458 e. The maximum atomic E-state index is 13.6. The predicted octanol–water partition coefficient (Wildman–Crippen LogP) is 2.80. The second-order valence-corrected chi connectivity index (χ2v) is 7.27. The van der Waals surface area contributed by atoms with Gasteiger partial charge in [-0.25, -0.2) is 18.3 Å². The number of methoxy groups -OCH3 is 1. The van der Waals surface area contributed by atoms with Gasteiger partial charge >= 0.3 is 5.97 Å². The monoisotopic (exact) mass is 456 g/mol. The van der Waals surface area contributed by atoms with Gasteiger partial charge in [0.15, 0.2) is 17.3 Å². The summed E-state index contributed by atoms with van der Waals surface area (Å²) in [6, 6.07) is 2.41. The van der Waals surface area contributed by atoms with Gasteiger partial charge in [-0.1, -0.05) is 11.6 Å². The molecule has 1 aliphatic rings. The molecule has 0 aliphatic heterocycles. The van der Waals surface area contributed by atoms with Gasteiger partial charge in [0.1, 0.15) is 11.9 Å². The van der Waals surface area contributed by atoms with Crippen LogP contribution in [0.4, 0.5) is 14.6 Å². The number of anilines is 1. The number of nitrogens with two attached hydrogens (primary N) is 1. The lowest BCUT2D eigenvalue weighted by atomic mass is 10.2. The highest BCUT2D eigenvalue weighted by Gasteiger charge is 2.28. The molecule has 9 nitrogen and oxygen atoms in total. The number of hydrogen-bond acceptors (Lipinski definition) is 6. The molecule has 0 radical (unpaired) electrons. The maximum absolute atomic E-state index is 13.6. The summed E-state index contributed by atoms with van der Waals surface area (Å²) in [5.41, 5.74) is 4.72. The minimum atomic E-state index is -1.47. The molecule has 1 unspecified atom stereocenters. The summed E-state index contributed by atoms with van der Waals surface area (Å²) in [7, 11) is 1.17. The number of hydrogen-bond donors (Lipinski definition) is 2. The van der Waals surface area contributed by atoms with Gasteiger partial charge in [-0.05, 0) is 37.8 Å². The predicted molar refractivity (Wildman–Crippen MR) is 104 cm³/mol.